The molecule has 0 radical (unpaired) electrons. The average Bonchev–Trinajstić information content (AvgIpc) is 2.84. The lowest BCUT2D eigenvalue weighted by Crippen LogP contribution is -1.99. The van der Waals surface area contributed by atoms with E-state index in [1.165, 1.54) is 24.8 Å². The molecule has 0 aliphatic heterocycles. The van der Waals surface area contributed by atoms with Crippen LogP contribution in [0.15, 0.2) is 28.8 Å². The fraction of sp³-hybridized carbons (Fsp3) is 0.438. The van der Waals surface area contributed by atoms with Gasteiger partial charge in [0.1, 0.15) is 0 Å². The van der Waals surface area contributed by atoms with Gasteiger partial charge in [0, 0.05) is 5.92 Å². The largest absolute Gasteiger partial charge is 0.367 e. The smallest absolute Gasteiger partial charge is 0.230 e. The number of anilines is 1. The number of rotatable bonds is 2. The van der Waals surface area contributed by atoms with Gasteiger partial charge < -0.3 is 10.3 Å². The molecule has 2 fully saturated rings. The predicted molar refractivity (Wildman–Crippen MR) is 74.7 cm³/mol. The lowest BCUT2D eigenvalue weighted by molar-refractivity contribution is 0.416. The molecule has 19 heavy (non-hydrogen) atoms. The van der Waals surface area contributed by atoms with Crippen LogP contribution in [0.2, 0.25) is 0 Å². The Bertz CT molecular complexity index is 621. The maximum absolute atomic E-state index is 6.01. The van der Waals surface area contributed by atoms with Crippen molar-refractivity contribution in [1.29, 1.82) is 0 Å². The van der Waals surface area contributed by atoms with Gasteiger partial charge in [-0.25, -0.2) is 0 Å². The van der Waals surface area contributed by atoms with Crippen LogP contribution in [-0.2, 0) is 0 Å². The first kappa shape index (κ1) is 11.1. The van der Waals surface area contributed by atoms with Crippen molar-refractivity contribution in [2.75, 3.05) is 5.73 Å². The van der Waals surface area contributed by atoms with E-state index in [1.54, 1.807) is 0 Å². The SMILES string of the molecule is Cc1cccc(-c2c(C3CC4CC4C3)noc2N)c1. The molecular formula is C16H18N2O. The van der Waals surface area contributed by atoms with Gasteiger partial charge in [-0.15, -0.1) is 0 Å². The number of aryl methyl sites for hydroxylation is 1. The fourth-order valence-corrected chi connectivity index (χ4v) is 3.62. The Morgan fingerprint density at radius 1 is 1.21 bits per heavy atom. The van der Waals surface area contributed by atoms with Crippen molar-refractivity contribution < 1.29 is 4.52 Å². The van der Waals surface area contributed by atoms with Crippen molar-refractivity contribution in [3.05, 3.63) is 35.5 Å². The van der Waals surface area contributed by atoms with Crippen LogP contribution >= 0.6 is 0 Å². The quantitative estimate of drug-likeness (QED) is 0.888. The van der Waals surface area contributed by atoms with Gasteiger partial charge in [-0.05, 0) is 43.6 Å². The molecule has 2 aromatic rings. The maximum atomic E-state index is 6.01. The Hall–Kier alpha value is -1.77. The summed E-state index contributed by atoms with van der Waals surface area (Å²) < 4.78 is 5.28. The molecular weight excluding hydrogens is 236 g/mol. The van der Waals surface area contributed by atoms with Gasteiger partial charge in [0.25, 0.3) is 0 Å². The zero-order valence-corrected chi connectivity index (χ0v) is 11.1. The predicted octanol–water partition coefficient (Wildman–Crippen LogP) is 3.75. The van der Waals surface area contributed by atoms with E-state index in [-0.39, 0.29) is 0 Å². The molecule has 98 valence electrons. The van der Waals surface area contributed by atoms with Gasteiger partial charge >= 0.3 is 0 Å². The number of nitrogens with zero attached hydrogens (tertiary/aromatic N) is 1. The van der Waals surface area contributed by atoms with E-state index < -0.39 is 0 Å². The molecule has 3 heteroatoms. The summed E-state index contributed by atoms with van der Waals surface area (Å²) in [5.74, 6) is 2.88. The molecule has 0 amide bonds. The summed E-state index contributed by atoms with van der Waals surface area (Å²) >= 11 is 0. The Labute approximate surface area is 112 Å². The number of benzene rings is 1. The van der Waals surface area contributed by atoms with Gasteiger partial charge in [0.2, 0.25) is 5.88 Å². The van der Waals surface area contributed by atoms with Crippen LogP contribution in [0.4, 0.5) is 5.88 Å². The van der Waals surface area contributed by atoms with Gasteiger partial charge in [0.05, 0.1) is 11.3 Å². The molecule has 1 aromatic heterocycles. The number of aromatic nitrogens is 1. The minimum Gasteiger partial charge on any atom is -0.367 e. The van der Waals surface area contributed by atoms with Crippen LogP contribution in [0, 0.1) is 18.8 Å². The van der Waals surface area contributed by atoms with Crippen LogP contribution in [0.3, 0.4) is 0 Å². The zero-order valence-electron chi connectivity index (χ0n) is 11.1. The Morgan fingerprint density at radius 2 is 2.00 bits per heavy atom. The number of nitrogen functional groups attached to an aromatic ring is 1. The third-order valence-corrected chi connectivity index (χ3v) is 4.68. The van der Waals surface area contributed by atoms with Crippen molar-refractivity contribution in [3.63, 3.8) is 0 Å². The van der Waals surface area contributed by atoms with Crippen molar-refractivity contribution >= 4 is 5.88 Å². The normalized spacial score (nSPS) is 28.4. The van der Waals surface area contributed by atoms with Crippen molar-refractivity contribution in [2.24, 2.45) is 11.8 Å². The second kappa shape index (κ2) is 3.86. The monoisotopic (exact) mass is 254 g/mol. The summed E-state index contributed by atoms with van der Waals surface area (Å²) in [5.41, 5.74) is 10.5. The second-order valence-electron chi connectivity index (χ2n) is 6.10. The lowest BCUT2D eigenvalue weighted by atomic mass is 9.93. The summed E-state index contributed by atoms with van der Waals surface area (Å²) in [6.07, 6.45) is 3.94. The van der Waals surface area contributed by atoms with E-state index in [2.05, 4.69) is 36.3 Å². The van der Waals surface area contributed by atoms with Crippen LogP contribution in [0.25, 0.3) is 11.1 Å². The molecule has 0 saturated heterocycles. The first-order chi connectivity index (χ1) is 9.22. The van der Waals surface area contributed by atoms with Gasteiger partial charge in [-0.3, -0.25) is 0 Å². The van der Waals surface area contributed by atoms with E-state index in [4.69, 9.17) is 10.3 Å². The Balaban J connectivity index is 1.76. The minimum absolute atomic E-state index is 0.459. The van der Waals surface area contributed by atoms with E-state index in [9.17, 15) is 0 Å². The molecule has 3 nitrogen and oxygen atoms in total. The standard InChI is InChI=1S/C16H18N2O/c1-9-3-2-4-10(5-9)14-15(18-19-16(14)17)13-7-11-6-12(11)8-13/h2-5,11-13H,6-8,17H2,1H3. The molecule has 0 bridgehead atoms. The first-order valence-corrected chi connectivity index (χ1v) is 7.04. The Kier molecular flexibility index (Phi) is 2.25. The third kappa shape index (κ3) is 1.76. The fourth-order valence-electron chi connectivity index (χ4n) is 3.62. The molecule has 2 aliphatic rings. The summed E-state index contributed by atoms with van der Waals surface area (Å²) in [6, 6.07) is 8.40. The van der Waals surface area contributed by atoms with Crippen LogP contribution in [0.1, 0.15) is 36.4 Å². The molecule has 2 saturated carbocycles. The van der Waals surface area contributed by atoms with Crippen molar-refractivity contribution in [3.8, 4) is 11.1 Å². The van der Waals surface area contributed by atoms with Gasteiger partial charge in [-0.1, -0.05) is 35.0 Å². The lowest BCUT2D eigenvalue weighted by Gasteiger charge is -2.11. The number of hydrogen-bond acceptors (Lipinski definition) is 3. The summed E-state index contributed by atoms with van der Waals surface area (Å²) in [7, 11) is 0. The number of fused-ring (bicyclic) bond motifs is 1. The molecule has 2 N–H and O–H groups in total. The van der Waals surface area contributed by atoms with E-state index in [1.807, 2.05) is 0 Å². The highest BCUT2D eigenvalue weighted by atomic mass is 16.5. The van der Waals surface area contributed by atoms with Crippen molar-refractivity contribution in [1.82, 2.24) is 5.16 Å². The molecule has 1 heterocycles. The van der Waals surface area contributed by atoms with Crippen LogP contribution < -0.4 is 5.73 Å². The highest BCUT2D eigenvalue weighted by molar-refractivity contribution is 5.76. The molecule has 0 spiro atoms. The van der Waals surface area contributed by atoms with Crippen molar-refractivity contribution in [2.45, 2.75) is 32.1 Å². The molecule has 1 aromatic carbocycles. The molecule has 2 unspecified atom stereocenters. The summed E-state index contributed by atoms with van der Waals surface area (Å²) in [6.45, 7) is 2.09. The third-order valence-electron chi connectivity index (χ3n) is 4.68. The van der Waals surface area contributed by atoms with Gasteiger partial charge in [-0.2, -0.15) is 0 Å². The highest BCUT2D eigenvalue weighted by Gasteiger charge is 2.47. The summed E-state index contributed by atoms with van der Waals surface area (Å²) in [5, 5.41) is 4.26. The Morgan fingerprint density at radius 3 is 2.74 bits per heavy atom. The molecule has 4 rings (SSSR count). The maximum Gasteiger partial charge on any atom is 0.230 e. The van der Waals surface area contributed by atoms with E-state index >= 15 is 0 Å². The molecule has 2 atom stereocenters. The minimum atomic E-state index is 0.459. The molecule has 2 aliphatic carbocycles. The highest BCUT2D eigenvalue weighted by Crippen LogP contribution is 2.58. The average molecular weight is 254 g/mol. The van der Waals surface area contributed by atoms with E-state index in [0.717, 1.165) is 28.7 Å². The topological polar surface area (TPSA) is 52.0 Å². The van der Waals surface area contributed by atoms with Gasteiger partial charge in [0.15, 0.2) is 0 Å². The zero-order chi connectivity index (χ0) is 13.0. The van der Waals surface area contributed by atoms with Crippen LogP contribution in [-0.4, -0.2) is 5.16 Å². The summed E-state index contributed by atoms with van der Waals surface area (Å²) in [4.78, 5) is 0. The second-order valence-corrected chi connectivity index (χ2v) is 6.10. The van der Waals surface area contributed by atoms with Crippen LogP contribution in [0.5, 0.6) is 0 Å². The van der Waals surface area contributed by atoms with E-state index in [0.29, 0.717) is 11.8 Å². The number of nitrogens with two attached hydrogens (primary N) is 1. The first-order valence-electron chi connectivity index (χ1n) is 7.04. The number of hydrogen-bond donors (Lipinski definition) is 1.